The van der Waals surface area contributed by atoms with E-state index in [4.69, 9.17) is 9.97 Å². The number of hydrogen-bond donors (Lipinski definition) is 0. The second kappa shape index (κ2) is 7.02. The number of hydrogen-bond acceptors (Lipinski definition) is 5. The zero-order valence-corrected chi connectivity index (χ0v) is 15.5. The van der Waals surface area contributed by atoms with Crippen LogP contribution in [0.25, 0.3) is 0 Å². The zero-order chi connectivity index (χ0) is 17.4. The molecule has 2 aliphatic heterocycles. The summed E-state index contributed by atoms with van der Waals surface area (Å²) in [5.41, 5.74) is 1.28. The fourth-order valence-electron chi connectivity index (χ4n) is 5.22. The molecule has 0 amide bonds. The van der Waals surface area contributed by atoms with E-state index in [1.165, 1.54) is 31.2 Å². The molecule has 0 aromatic carbocycles. The van der Waals surface area contributed by atoms with Crippen molar-refractivity contribution in [2.24, 2.45) is 5.92 Å². The van der Waals surface area contributed by atoms with Crippen LogP contribution in [0.15, 0.2) is 12.4 Å². The highest BCUT2D eigenvalue weighted by Crippen LogP contribution is 2.37. The smallest absolute Gasteiger partial charge is 0.225 e. The number of ketones is 1. The average Bonchev–Trinajstić information content (AvgIpc) is 2.87. The molecule has 1 aliphatic carbocycles. The van der Waals surface area contributed by atoms with E-state index in [2.05, 4.69) is 29.2 Å². The summed E-state index contributed by atoms with van der Waals surface area (Å²) in [4.78, 5) is 25.7. The Morgan fingerprint density at radius 1 is 1.04 bits per heavy atom. The Labute approximate surface area is 150 Å². The second-order valence-corrected chi connectivity index (χ2v) is 8.45. The van der Waals surface area contributed by atoms with E-state index in [1.54, 1.807) is 6.92 Å². The number of aromatic nitrogens is 2. The Hall–Kier alpha value is -1.49. The number of carbonyl (C=O) groups excluding carboxylic acids is 1. The van der Waals surface area contributed by atoms with Gasteiger partial charge in [-0.25, -0.2) is 9.97 Å². The van der Waals surface area contributed by atoms with Crippen LogP contribution in [0.2, 0.25) is 0 Å². The van der Waals surface area contributed by atoms with E-state index in [0.29, 0.717) is 29.7 Å². The van der Waals surface area contributed by atoms with Gasteiger partial charge in [0.2, 0.25) is 5.95 Å². The van der Waals surface area contributed by atoms with Crippen molar-refractivity contribution in [3.8, 4) is 0 Å². The topological polar surface area (TPSA) is 49.3 Å². The molecule has 1 aromatic rings. The van der Waals surface area contributed by atoms with Gasteiger partial charge in [0, 0.05) is 44.0 Å². The molecule has 0 N–H and O–H groups in total. The van der Waals surface area contributed by atoms with Gasteiger partial charge in [0.1, 0.15) is 5.78 Å². The number of anilines is 1. The molecule has 5 nitrogen and oxygen atoms in total. The lowest BCUT2D eigenvalue weighted by Crippen LogP contribution is -2.53. The molecule has 2 saturated heterocycles. The molecule has 0 spiro atoms. The standard InChI is InChI=1S/C20H30N4O/c1-14(25)9-15-3-5-16(6-4-15)17-10-21-20(22-11-17)24-18-7-8-19(24)13-23(2)12-18/h10-11,15-16,18-19H,3-9,12-13H2,1-2H3. The first-order valence-corrected chi connectivity index (χ1v) is 9.88. The van der Waals surface area contributed by atoms with Gasteiger partial charge in [-0.1, -0.05) is 0 Å². The summed E-state index contributed by atoms with van der Waals surface area (Å²) < 4.78 is 0. The van der Waals surface area contributed by atoms with Gasteiger partial charge in [0.05, 0.1) is 0 Å². The maximum absolute atomic E-state index is 11.3. The third-order valence-electron chi connectivity index (χ3n) is 6.45. The van der Waals surface area contributed by atoms with Crippen LogP contribution in [0.4, 0.5) is 5.95 Å². The minimum absolute atomic E-state index is 0.331. The van der Waals surface area contributed by atoms with Crippen molar-refractivity contribution in [3.63, 3.8) is 0 Å². The van der Waals surface area contributed by atoms with Crippen molar-refractivity contribution in [3.05, 3.63) is 18.0 Å². The van der Waals surface area contributed by atoms with E-state index in [1.807, 2.05) is 0 Å². The molecule has 3 aliphatic rings. The quantitative estimate of drug-likeness (QED) is 0.842. The molecule has 136 valence electrons. The Kier molecular flexibility index (Phi) is 4.76. The normalized spacial score (nSPS) is 32.8. The lowest BCUT2D eigenvalue weighted by atomic mass is 9.78. The number of nitrogens with zero attached hydrogens (tertiary/aromatic N) is 4. The van der Waals surface area contributed by atoms with Gasteiger partial charge in [-0.05, 0) is 69.9 Å². The Morgan fingerprint density at radius 3 is 2.20 bits per heavy atom. The van der Waals surface area contributed by atoms with Gasteiger partial charge in [-0.3, -0.25) is 0 Å². The molecule has 2 bridgehead atoms. The van der Waals surface area contributed by atoms with Crippen LogP contribution < -0.4 is 4.90 Å². The number of rotatable bonds is 4. The molecule has 2 atom stereocenters. The van der Waals surface area contributed by atoms with Gasteiger partial charge >= 0.3 is 0 Å². The summed E-state index contributed by atoms with van der Waals surface area (Å²) >= 11 is 0. The minimum atomic E-state index is 0.331. The summed E-state index contributed by atoms with van der Waals surface area (Å²) in [6.07, 6.45) is 12.1. The molecule has 2 unspecified atom stereocenters. The maximum Gasteiger partial charge on any atom is 0.225 e. The monoisotopic (exact) mass is 342 g/mol. The summed E-state index contributed by atoms with van der Waals surface area (Å²) in [5, 5.41) is 0. The van der Waals surface area contributed by atoms with Crippen LogP contribution >= 0.6 is 0 Å². The molecule has 0 radical (unpaired) electrons. The van der Waals surface area contributed by atoms with E-state index in [0.717, 1.165) is 38.3 Å². The van der Waals surface area contributed by atoms with Crippen molar-refractivity contribution < 1.29 is 4.79 Å². The summed E-state index contributed by atoms with van der Waals surface area (Å²) in [5.74, 6) is 2.42. The summed E-state index contributed by atoms with van der Waals surface area (Å²) in [6, 6.07) is 1.16. The Bertz CT molecular complexity index is 595. The lowest BCUT2D eigenvalue weighted by molar-refractivity contribution is -0.118. The highest BCUT2D eigenvalue weighted by molar-refractivity contribution is 5.75. The SMILES string of the molecule is CC(=O)CC1CCC(c2cnc(N3C4CCC3CN(C)C4)nc2)CC1. The highest BCUT2D eigenvalue weighted by Gasteiger charge is 2.40. The van der Waals surface area contributed by atoms with Gasteiger partial charge in [-0.2, -0.15) is 0 Å². The van der Waals surface area contributed by atoms with Crippen LogP contribution in [0, 0.1) is 5.92 Å². The van der Waals surface area contributed by atoms with Crippen LogP contribution in [-0.4, -0.2) is 52.9 Å². The largest absolute Gasteiger partial charge is 0.332 e. The number of fused-ring (bicyclic) bond motifs is 2. The first-order valence-electron chi connectivity index (χ1n) is 9.88. The first kappa shape index (κ1) is 17.0. The highest BCUT2D eigenvalue weighted by atomic mass is 16.1. The van der Waals surface area contributed by atoms with Crippen molar-refractivity contribution >= 4 is 11.7 Å². The number of likely N-dealkylation sites (tertiary alicyclic amines) is 1. The van der Waals surface area contributed by atoms with Crippen molar-refractivity contribution in [1.29, 1.82) is 0 Å². The van der Waals surface area contributed by atoms with Crippen LogP contribution in [0.5, 0.6) is 0 Å². The summed E-state index contributed by atoms with van der Waals surface area (Å²) in [7, 11) is 2.22. The number of likely N-dealkylation sites (N-methyl/N-ethyl adjacent to an activating group) is 1. The number of carbonyl (C=O) groups is 1. The second-order valence-electron chi connectivity index (χ2n) is 8.45. The van der Waals surface area contributed by atoms with Gasteiger partial charge in [-0.15, -0.1) is 0 Å². The molecule has 5 heteroatoms. The van der Waals surface area contributed by atoms with Gasteiger partial charge in [0.25, 0.3) is 0 Å². The molecule has 1 aromatic heterocycles. The molecule has 3 fully saturated rings. The van der Waals surface area contributed by atoms with Crippen LogP contribution in [0.3, 0.4) is 0 Å². The molecule has 1 saturated carbocycles. The van der Waals surface area contributed by atoms with Crippen molar-refractivity contribution in [1.82, 2.24) is 14.9 Å². The molecule has 4 rings (SSSR count). The third kappa shape index (κ3) is 3.57. The van der Waals surface area contributed by atoms with E-state index >= 15 is 0 Å². The van der Waals surface area contributed by atoms with Crippen molar-refractivity contribution in [2.45, 2.75) is 69.9 Å². The molecular weight excluding hydrogens is 312 g/mol. The zero-order valence-electron chi connectivity index (χ0n) is 15.5. The van der Waals surface area contributed by atoms with Gasteiger partial charge < -0.3 is 14.6 Å². The average molecular weight is 342 g/mol. The van der Waals surface area contributed by atoms with Crippen LogP contribution in [-0.2, 0) is 4.79 Å². The molecule has 3 heterocycles. The first-order chi connectivity index (χ1) is 12.1. The maximum atomic E-state index is 11.3. The van der Waals surface area contributed by atoms with Gasteiger partial charge in [0.15, 0.2) is 0 Å². The van der Waals surface area contributed by atoms with Crippen molar-refractivity contribution in [2.75, 3.05) is 25.0 Å². The summed E-state index contributed by atoms with van der Waals surface area (Å²) in [6.45, 7) is 3.97. The predicted octanol–water partition coefficient (Wildman–Crippen LogP) is 3.01. The van der Waals surface area contributed by atoms with E-state index in [9.17, 15) is 4.79 Å². The van der Waals surface area contributed by atoms with E-state index < -0.39 is 0 Å². The Balaban J connectivity index is 1.39. The molecule has 25 heavy (non-hydrogen) atoms. The lowest BCUT2D eigenvalue weighted by Gasteiger charge is -2.39. The predicted molar refractivity (Wildman–Crippen MR) is 98.8 cm³/mol. The number of Topliss-reactive ketones (excluding diaryl/α,β-unsaturated/α-hetero) is 1. The fourth-order valence-corrected chi connectivity index (χ4v) is 5.22. The third-order valence-corrected chi connectivity index (χ3v) is 6.45. The molecular formula is C20H30N4O. The fraction of sp³-hybridized carbons (Fsp3) is 0.750. The van der Waals surface area contributed by atoms with Crippen LogP contribution in [0.1, 0.15) is 63.4 Å². The number of piperazine rings is 1. The Morgan fingerprint density at radius 2 is 1.64 bits per heavy atom. The minimum Gasteiger partial charge on any atom is -0.332 e. The van der Waals surface area contributed by atoms with E-state index in [-0.39, 0.29) is 0 Å².